The minimum atomic E-state index is -0.452. The molecule has 1 aromatic heterocycles. The first-order valence-electron chi connectivity index (χ1n) is 14.4. The van der Waals surface area contributed by atoms with Crippen LogP contribution in [0.25, 0.3) is 5.69 Å². The number of esters is 1. The van der Waals surface area contributed by atoms with Crippen LogP contribution in [0.15, 0.2) is 73.1 Å². The average molecular weight is 599 g/mol. The maximum Gasteiger partial charge on any atom is 0.309 e. The SMILES string of the molecule is Cc1cc(-n2ccnc2C2CCC(C(=O)OCc3ccccc3)CC2)c([N+](=O)[O-])cc1C(=O)N1CCc2cc(Cl)ccc21. The second-order valence-electron chi connectivity index (χ2n) is 11.2. The summed E-state index contributed by atoms with van der Waals surface area (Å²) in [5, 5.41) is 12.9. The quantitative estimate of drug-likeness (QED) is 0.129. The Balaban J connectivity index is 1.20. The summed E-state index contributed by atoms with van der Waals surface area (Å²) in [6.45, 7) is 2.53. The molecule has 2 heterocycles. The van der Waals surface area contributed by atoms with Gasteiger partial charge in [-0.2, -0.15) is 0 Å². The van der Waals surface area contributed by atoms with Gasteiger partial charge in [0.2, 0.25) is 0 Å². The lowest BCUT2D eigenvalue weighted by Crippen LogP contribution is -2.29. The van der Waals surface area contributed by atoms with Crippen LogP contribution in [0.5, 0.6) is 0 Å². The van der Waals surface area contributed by atoms with Crippen molar-refractivity contribution >= 4 is 34.9 Å². The van der Waals surface area contributed by atoms with E-state index in [9.17, 15) is 19.7 Å². The first-order valence-corrected chi connectivity index (χ1v) is 14.8. The lowest BCUT2D eigenvalue weighted by atomic mass is 9.81. The number of fused-ring (bicyclic) bond motifs is 1. The van der Waals surface area contributed by atoms with Crippen molar-refractivity contribution in [2.24, 2.45) is 5.92 Å². The van der Waals surface area contributed by atoms with E-state index in [2.05, 4.69) is 4.98 Å². The van der Waals surface area contributed by atoms with Crippen molar-refractivity contribution in [1.29, 1.82) is 0 Å². The lowest BCUT2D eigenvalue weighted by Gasteiger charge is -2.27. The number of benzene rings is 3. The van der Waals surface area contributed by atoms with Crippen LogP contribution in [-0.4, -0.2) is 32.9 Å². The van der Waals surface area contributed by atoms with Crippen LogP contribution in [0, 0.1) is 23.0 Å². The standard InChI is InChI=1S/C33H31ClN4O5/c1-21-17-29(30(38(41)42)19-27(21)32(39)37-15-13-25-18-26(34)11-12-28(25)37)36-16-14-35-31(36)23-7-9-24(10-8-23)33(40)43-20-22-5-3-2-4-6-22/h2-6,11-12,14,16-19,23-24H,7-10,13,15,20H2,1H3. The van der Waals surface area contributed by atoms with Gasteiger partial charge in [0.15, 0.2) is 0 Å². The largest absolute Gasteiger partial charge is 0.461 e. The molecular weight excluding hydrogens is 568 g/mol. The van der Waals surface area contributed by atoms with E-state index < -0.39 is 4.92 Å². The Morgan fingerprint density at radius 2 is 1.81 bits per heavy atom. The van der Waals surface area contributed by atoms with E-state index in [4.69, 9.17) is 16.3 Å². The normalized spacial score (nSPS) is 17.9. The summed E-state index contributed by atoms with van der Waals surface area (Å²) in [4.78, 5) is 44.4. The van der Waals surface area contributed by atoms with Gasteiger partial charge in [0.1, 0.15) is 18.1 Å². The number of nitrogens with zero attached hydrogens (tertiary/aromatic N) is 4. The number of aromatic nitrogens is 2. The monoisotopic (exact) mass is 598 g/mol. The van der Waals surface area contributed by atoms with Crippen LogP contribution in [-0.2, 0) is 22.6 Å². The van der Waals surface area contributed by atoms with Crippen LogP contribution in [0.1, 0.15) is 64.5 Å². The second kappa shape index (κ2) is 12.0. The molecule has 1 fully saturated rings. The number of amides is 1. The lowest BCUT2D eigenvalue weighted by molar-refractivity contribution is -0.384. The number of nitro benzene ring substituents is 1. The van der Waals surface area contributed by atoms with Crippen LogP contribution in [0.3, 0.4) is 0 Å². The van der Waals surface area contributed by atoms with Gasteiger partial charge in [0.05, 0.1) is 10.8 Å². The third kappa shape index (κ3) is 5.77. The number of aryl methyl sites for hydroxylation is 1. The molecule has 9 nitrogen and oxygen atoms in total. The molecule has 10 heteroatoms. The average Bonchev–Trinajstić information content (AvgIpc) is 3.67. The maximum absolute atomic E-state index is 13.6. The molecule has 0 bridgehead atoms. The Morgan fingerprint density at radius 3 is 2.56 bits per heavy atom. The molecule has 4 aromatic rings. The summed E-state index contributed by atoms with van der Waals surface area (Å²) in [5.41, 5.74) is 3.83. The highest BCUT2D eigenvalue weighted by atomic mass is 35.5. The third-order valence-electron chi connectivity index (χ3n) is 8.51. The van der Waals surface area contributed by atoms with Gasteiger partial charge < -0.3 is 9.64 Å². The minimum absolute atomic E-state index is 0.0299. The Morgan fingerprint density at radius 1 is 1.05 bits per heavy atom. The predicted octanol–water partition coefficient (Wildman–Crippen LogP) is 6.96. The molecule has 0 atom stereocenters. The fraction of sp³-hybridized carbons (Fsp3) is 0.303. The molecule has 6 rings (SSSR count). The molecule has 1 amide bonds. The molecule has 3 aromatic carbocycles. The smallest absolute Gasteiger partial charge is 0.309 e. The summed E-state index contributed by atoms with van der Waals surface area (Å²) < 4.78 is 7.32. The zero-order valence-corrected chi connectivity index (χ0v) is 24.5. The summed E-state index contributed by atoms with van der Waals surface area (Å²) in [7, 11) is 0. The summed E-state index contributed by atoms with van der Waals surface area (Å²) in [5.74, 6) is 0.0831. The molecular formula is C33H31ClN4O5. The van der Waals surface area contributed by atoms with Crippen LogP contribution in [0.4, 0.5) is 11.4 Å². The van der Waals surface area contributed by atoms with E-state index in [0.29, 0.717) is 60.7 Å². The number of carbonyl (C=O) groups excluding carboxylic acids is 2. The van der Waals surface area contributed by atoms with Crippen LogP contribution < -0.4 is 4.90 Å². The van der Waals surface area contributed by atoms with Gasteiger partial charge in [-0.3, -0.25) is 24.3 Å². The second-order valence-corrected chi connectivity index (χ2v) is 11.6. The molecule has 1 saturated carbocycles. The molecule has 1 aliphatic carbocycles. The molecule has 0 unspecified atom stereocenters. The number of imidazole rings is 1. The van der Waals surface area contributed by atoms with E-state index in [1.54, 1.807) is 40.9 Å². The van der Waals surface area contributed by atoms with E-state index >= 15 is 0 Å². The molecule has 0 N–H and O–H groups in total. The zero-order chi connectivity index (χ0) is 30.1. The predicted molar refractivity (Wildman–Crippen MR) is 163 cm³/mol. The first kappa shape index (κ1) is 28.6. The van der Waals surface area contributed by atoms with Gasteiger partial charge in [-0.1, -0.05) is 41.9 Å². The van der Waals surface area contributed by atoms with Crippen LogP contribution in [0.2, 0.25) is 5.02 Å². The number of halogens is 1. The van der Waals surface area contributed by atoms with Crippen molar-refractivity contribution in [3.8, 4) is 5.69 Å². The van der Waals surface area contributed by atoms with E-state index in [1.807, 2.05) is 42.5 Å². The highest BCUT2D eigenvalue weighted by Gasteiger charge is 2.33. The number of nitro groups is 1. The van der Waals surface area contributed by atoms with E-state index in [-0.39, 0.29) is 41.6 Å². The molecule has 1 aliphatic heterocycles. The van der Waals surface area contributed by atoms with Crippen molar-refractivity contribution in [3.05, 3.63) is 116 Å². The summed E-state index contributed by atoms with van der Waals surface area (Å²) >= 11 is 6.13. The van der Waals surface area contributed by atoms with Gasteiger partial charge >= 0.3 is 5.97 Å². The Labute approximate surface area is 254 Å². The Kier molecular flexibility index (Phi) is 7.99. The number of rotatable bonds is 7. The summed E-state index contributed by atoms with van der Waals surface area (Å²) in [6, 6.07) is 18.1. The molecule has 0 spiro atoms. The fourth-order valence-corrected chi connectivity index (χ4v) is 6.43. The Hall–Kier alpha value is -4.50. The number of carbonyl (C=O) groups is 2. The zero-order valence-electron chi connectivity index (χ0n) is 23.7. The highest BCUT2D eigenvalue weighted by molar-refractivity contribution is 6.30. The van der Waals surface area contributed by atoms with Crippen molar-refractivity contribution in [2.45, 2.75) is 51.6 Å². The third-order valence-corrected chi connectivity index (χ3v) is 8.74. The molecule has 2 aliphatic rings. The van der Waals surface area contributed by atoms with Gasteiger partial charge in [-0.25, -0.2) is 4.98 Å². The summed E-state index contributed by atoms with van der Waals surface area (Å²) in [6.07, 6.45) is 6.77. The fourth-order valence-electron chi connectivity index (χ4n) is 6.23. The van der Waals surface area contributed by atoms with Crippen molar-refractivity contribution in [3.63, 3.8) is 0 Å². The molecule has 220 valence electrons. The molecule has 0 radical (unpaired) electrons. The Bertz CT molecular complexity index is 1690. The molecule has 0 saturated heterocycles. The highest BCUT2D eigenvalue weighted by Crippen LogP contribution is 2.39. The van der Waals surface area contributed by atoms with Gasteiger partial charge in [-0.05, 0) is 80.0 Å². The first-order chi connectivity index (χ1) is 20.8. The topological polar surface area (TPSA) is 108 Å². The minimum Gasteiger partial charge on any atom is -0.461 e. The van der Waals surface area contributed by atoms with Gasteiger partial charge in [0, 0.05) is 47.2 Å². The number of ether oxygens (including phenoxy) is 1. The molecule has 43 heavy (non-hydrogen) atoms. The number of hydrogen-bond donors (Lipinski definition) is 0. The van der Waals surface area contributed by atoms with Crippen molar-refractivity contribution < 1.29 is 19.2 Å². The number of anilines is 1. The van der Waals surface area contributed by atoms with Crippen LogP contribution >= 0.6 is 11.6 Å². The van der Waals surface area contributed by atoms with E-state index in [0.717, 1.165) is 16.8 Å². The number of hydrogen-bond acceptors (Lipinski definition) is 6. The maximum atomic E-state index is 13.6. The van der Waals surface area contributed by atoms with Crippen molar-refractivity contribution in [2.75, 3.05) is 11.4 Å². The van der Waals surface area contributed by atoms with Crippen molar-refractivity contribution in [1.82, 2.24) is 9.55 Å². The van der Waals surface area contributed by atoms with Gasteiger partial charge in [-0.15, -0.1) is 0 Å². The van der Waals surface area contributed by atoms with E-state index in [1.165, 1.54) is 6.07 Å². The van der Waals surface area contributed by atoms with Gasteiger partial charge in [0.25, 0.3) is 11.6 Å².